The molecule has 26 heavy (non-hydrogen) atoms. The second kappa shape index (κ2) is 6.72. The maximum Gasteiger partial charge on any atom is 0.349 e. The number of aryl methyl sites for hydroxylation is 3. The van der Waals surface area contributed by atoms with Gasteiger partial charge in [-0.05, 0) is 57.2 Å². The van der Waals surface area contributed by atoms with Crippen molar-refractivity contribution in [3.05, 3.63) is 56.9 Å². The van der Waals surface area contributed by atoms with Crippen LogP contribution in [0.25, 0.3) is 10.9 Å². The number of hydrogen-bond donors (Lipinski definition) is 1. The molecule has 1 aliphatic carbocycles. The normalized spacial score (nSPS) is 14.8. The SMILES string of the molecule is Cc1[nH]c2ccccc2c1C(=O)C(C)OC(=O)c1cc2c(s1)CCCC2. The van der Waals surface area contributed by atoms with Crippen molar-refractivity contribution >= 4 is 34.0 Å². The number of thiophene rings is 1. The summed E-state index contributed by atoms with van der Waals surface area (Å²) < 4.78 is 5.51. The van der Waals surface area contributed by atoms with Crippen LogP contribution >= 0.6 is 11.3 Å². The maximum absolute atomic E-state index is 12.9. The number of ketones is 1. The van der Waals surface area contributed by atoms with Gasteiger partial charge >= 0.3 is 5.97 Å². The summed E-state index contributed by atoms with van der Waals surface area (Å²) in [5.41, 5.74) is 3.58. The largest absolute Gasteiger partial charge is 0.450 e. The molecule has 4 rings (SSSR count). The molecule has 4 nitrogen and oxygen atoms in total. The van der Waals surface area contributed by atoms with Gasteiger partial charge in [-0.3, -0.25) is 4.79 Å². The van der Waals surface area contributed by atoms with Crippen molar-refractivity contribution < 1.29 is 14.3 Å². The third kappa shape index (κ3) is 2.97. The molecule has 134 valence electrons. The van der Waals surface area contributed by atoms with E-state index in [1.165, 1.54) is 34.6 Å². The molecule has 1 unspecified atom stereocenters. The molecule has 3 aromatic rings. The molecule has 0 saturated carbocycles. The smallest absolute Gasteiger partial charge is 0.349 e. The molecular formula is C21H21NO3S. The van der Waals surface area contributed by atoms with Crippen molar-refractivity contribution in [2.45, 2.75) is 45.6 Å². The van der Waals surface area contributed by atoms with Gasteiger partial charge < -0.3 is 9.72 Å². The summed E-state index contributed by atoms with van der Waals surface area (Å²) in [5.74, 6) is -0.572. The Morgan fingerprint density at radius 3 is 2.77 bits per heavy atom. The lowest BCUT2D eigenvalue weighted by molar-refractivity contribution is 0.0324. The van der Waals surface area contributed by atoms with E-state index in [1.54, 1.807) is 6.92 Å². The molecule has 0 fully saturated rings. The van der Waals surface area contributed by atoms with Gasteiger partial charge in [-0.25, -0.2) is 4.79 Å². The first-order chi connectivity index (χ1) is 12.5. The molecule has 0 aliphatic heterocycles. The molecule has 1 aromatic carbocycles. The summed E-state index contributed by atoms with van der Waals surface area (Å²) >= 11 is 1.51. The molecule has 0 radical (unpaired) electrons. The van der Waals surface area contributed by atoms with E-state index < -0.39 is 12.1 Å². The molecule has 2 heterocycles. The number of esters is 1. The van der Waals surface area contributed by atoms with E-state index in [4.69, 9.17) is 4.74 Å². The average Bonchev–Trinajstić information content (AvgIpc) is 3.21. The number of nitrogens with one attached hydrogen (secondary N) is 1. The number of aromatic nitrogens is 1. The topological polar surface area (TPSA) is 59.2 Å². The number of hydrogen-bond acceptors (Lipinski definition) is 4. The zero-order chi connectivity index (χ0) is 18.3. The first-order valence-electron chi connectivity index (χ1n) is 8.98. The van der Waals surface area contributed by atoms with Gasteiger partial charge in [0.05, 0.1) is 0 Å². The fourth-order valence-electron chi connectivity index (χ4n) is 3.66. The summed E-state index contributed by atoms with van der Waals surface area (Å²) in [6, 6.07) is 9.61. The lowest BCUT2D eigenvalue weighted by Gasteiger charge is -2.12. The van der Waals surface area contributed by atoms with Gasteiger partial charge in [0.1, 0.15) is 4.88 Å². The van der Waals surface area contributed by atoms with Crippen LogP contribution in [-0.4, -0.2) is 22.8 Å². The average molecular weight is 367 g/mol. The van der Waals surface area contributed by atoms with Gasteiger partial charge in [0.15, 0.2) is 6.10 Å². The van der Waals surface area contributed by atoms with Crippen molar-refractivity contribution in [1.82, 2.24) is 4.98 Å². The van der Waals surface area contributed by atoms with Gasteiger partial charge in [0.2, 0.25) is 5.78 Å². The summed E-state index contributed by atoms with van der Waals surface area (Å²) in [4.78, 5) is 30.5. The standard InChI is InChI=1S/C21H21NO3S/c1-12-19(15-8-4-5-9-16(15)22-12)20(23)13(2)25-21(24)18-11-14-7-3-6-10-17(14)26-18/h4-5,8-9,11,13,22H,3,6-7,10H2,1-2H3. The Morgan fingerprint density at radius 2 is 1.96 bits per heavy atom. The Hall–Kier alpha value is -2.40. The first kappa shape index (κ1) is 17.0. The van der Waals surface area contributed by atoms with Crippen LogP contribution < -0.4 is 0 Å². The molecular weight excluding hydrogens is 346 g/mol. The highest BCUT2D eigenvalue weighted by molar-refractivity contribution is 7.14. The van der Waals surface area contributed by atoms with Gasteiger partial charge in [-0.15, -0.1) is 11.3 Å². The molecule has 0 saturated heterocycles. The van der Waals surface area contributed by atoms with Gasteiger partial charge in [0.25, 0.3) is 0 Å². The summed E-state index contributed by atoms with van der Waals surface area (Å²) in [5, 5.41) is 0.865. The van der Waals surface area contributed by atoms with Crippen LogP contribution in [0.1, 0.15) is 55.9 Å². The second-order valence-corrected chi connectivity index (χ2v) is 7.99. The zero-order valence-corrected chi connectivity index (χ0v) is 15.7. The van der Waals surface area contributed by atoms with Crippen molar-refractivity contribution in [1.29, 1.82) is 0 Å². The Kier molecular flexibility index (Phi) is 4.41. The highest BCUT2D eigenvalue weighted by atomic mass is 32.1. The van der Waals surface area contributed by atoms with Gasteiger partial charge in [-0.1, -0.05) is 18.2 Å². The second-order valence-electron chi connectivity index (χ2n) is 6.85. The monoisotopic (exact) mass is 367 g/mol. The number of H-pyrrole nitrogens is 1. The summed E-state index contributed by atoms with van der Waals surface area (Å²) in [6.07, 6.45) is 3.60. The highest BCUT2D eigenvalue weighted by Gasteiger charge is 2.26. The van der Waals surface area contributed by atoms with Crippen LogP contribution in [0.5, 0.6) is 0 Å². The van der Waals surface area contributed by atoms with E-state index in [0.29, 0.717) is 10.4 Å². The molecule has 1 N–H and O–H groups in total. The molecule has 0 bridgehead atoms. The number of carbonyl (C=O) groups excluding carboxylic acids is 2. The van der Waals surface area contributed by atoms with Crippen LogP contribution in [0.4, 0.5) is 0 Å². The lowest BCUT2D eigenvalue weighted by Crippen LogP contribution is -2.24. The Balaban J connectivity index is 1.54. The van der Waals surface area contributed by atoms with E-state index in [2.05, 4.69) is 4.98 Å². The predicted molar refractivity (Wildman–Crippen MR) is 103 cm³/mol. The minimum absolute atomic E-state index is 0.172. The Morgan fingerprint density at radius 1 is 1.19 bits per heavy atom. The van der Waals surface area contributed by atoms with Crippen molar-refractivity contribution in [2.75, 3.05) is 0 Å². The summed E-state index contributed by atoms with van der Waals surface area (Å²) in [7, 11) is 0. The van der Waals surface area contributed by atoms with Crippen LogP contribution in [0.3, 0.4) is 0 Å². The van der Waals surface area contributed by atoms with Crippen LogP contribution in [0.15, 0.2) is 30.3 Å². The predicted octanol–water partition coefficient (Wildman–Crippen LogP) is 4.84. The molecule has 2 aromatic heterocycles. The molecule has 1 atom stereocenters. The number of rotatable bonds is 4. The van der Waals surface area contributed by atoms with E-state index in [-0.39, 0.29) is 5.78 Å². The number of para-hydroxylation sites is 1. The molecule has 1 aliphatic rings. The molecule has 5 heteroatoms. The lowest BCUT2D eigenvalue weighted by atomic mass is 9.99. The number of benzene rings is 1. The van der Waals surface area contributed by atoms with E-state index >= 15 is 0 Å². The molecule has 0 spiro atoms. The van der Waals surface area contributed by atoms with Crippen LogP contribution in [-0.2, 0) is 17.6 Å². The van der Waals surface area contributed by atoms with Gasteiger partial charge in [-0.2, -0.15) is 0 Å². The number of ether oxygens (including phenoxy) is 1. The van der Waals surface area contributed by atoms with Crippen molar-refractivity contribution in [2.24, 2.45) is 0 Å². The number of Topliss-reactive ketones (excluding diaryl/α,β-unsaturated/α-hetero) is 1. The fourth-order valence-corrected chi connectivity index (χ4v) is 4.80. The van der Waals surface area contributed by atoms with E-state index in [0.717, 1.165) is 29.4 Å². The third-order valence-electron chi connectivity index (χ3n) is 4.99. The first-order valence-corrected chi connectivity index (χ1v) is 9.80. The molecule has 0 amide bonds. The van der Waals surface area contributed by atoms with E-state index in [1.807, 2.05) is 37.3 Å². The van der Waals surface area contributed by atoms with Crippen LogP contribution in [0, 0.1) is 6.92 Å². The van der Waals surface area contributed by atoms with E-state index in [9.17, 15) is 9.59 Å². The number of carbonyl (C=O) groups is 2. The van der Waals surface area contributed by atoms with Gasteiger partial charge in [0, 0.05) is 27.0 Å². The zero-order valence-electron chi connectivity index (χ0n) is 14.9. The minimum atomic E-state index is -0.820. The number of fused-ring (bicyclic) bond motifs is 2. The van der Waals surface area contributed by atoms with Crippen LogP contribution in [0.2, 0.25) is 0 Å². The van der Waals surface area contributed by atoms with Crippen molar-refractivity contribution in [3.8, 4) is 0 Å². The number of aromatic amines is 1. The Labute approximate surface area is 156 Å². The minimum Gasteiger partial charge on any atom is -0.450 e. The van der Waals surface area contributed by atoms with Crippen molar-refractivity contribution in [3.63, 3.8) is 0 Å². The summed E-state index contributed by atoms with van der Waals surface area (Å²) in [6.45, 7) is 3.52. The third-order valence-corrected chi connectivity index (χ3v) is 6.21. The fraction of sp³-hybridized carbons (Fsp3) is 0.333. The quantitative estimate of drug-likeness (QED) is 0.530. The maximum atomic E-state index is 12.9. The Bertz CT molecular complexity index is 975. The highest BCUT2D eigenvalue weighted by Crippen LogP contribution is 2.30.